The van der Waals surface area contributed by atoms with Gasteiger partial charge in [-0.05, 0) is 19.1 Å². The monoisotopic (exact) mass is 326 g/mol. The molecule has 0 spiro atoms. The molecule has 0 aliphatic heterocycles. The van der Waals surface area contributed by atoms with Gasteiger partial charge >= 0.3 is 0 Å². The fourth-order valence-corrected chi connectivity index (χ4v) is 2.37. The summed E-state index contributed by atoms with van der Waals surface area (Å²) in [6, 6.07) is 5.52. The molecule has 0 amide bonds. The summed E-state index contributed by atoms with van der Waals surface area (Å²) >= 11 is 0. The van der Waals surface area contributed by atoms with Gasteiger partial charge in [0.05, 0.1) is 32.0 Å². The molecule has 5 nitrogen and oxygen atoms in total. The van der Waals surface area contributed by atoms with Crippen LogP contribution in [0.2, 0.25) is 0 Å². The molecule has 2 aromatic rings. The second kappa shape index (κ2) is 8.23. The van der Waals surface area contributed by atoms with E-state index in [1.165, 1.54) is 0 Å². The molecule has 0 atom stereocenters. The highest BCUT2D eigenvalue weighted by Crippen LogP contribution is 2.33. The van der Waals surface area contributed by atoms with Crippen molar-refractivity contribution in [2.75, 3.05) is 27.3 Å². The number of hydrogen-bond acceptors (Lipinski definition) is 5. The van der Waals surface area contributed by atoms with Crippen LogP contribution in [-0.4, -0.2) is 37.2 Å². The van der Waals surface area contributed by atoms with Gasteiger partial charge in [0.2, 0.25) is 5.89 Å². The Labute approximate surface area is 142 Å². The van der Waals surface area contributed by atoms with Gasteiger partial charge in [-0.15, -0.1) is 13.0 Å². The van der Waals surface area contributed by atoms with Crippen LogP contribution in [0.15, 0.2) is 35.3 Å². The second-order valence-electron chi connectivity index (χ2n) is 5.25. The maximum atomic E-state index is 5.84. The van der Waals surface area contributed by atoms with Crippen molar-refractivity contribution < 1.29 is 13.9 Å². The lowest BCUT2D eigenvalue weighted by atomic mass is 10.2. The van der Waals surface area contributed by atoms with E-state index in [9.17, 15) is 0 Å². The number of rotatable bonds is 8. The molecule has 0 aliphatic carbocycles. The number of terminal acetylenes is 1. The zero-order chi connectivity index (χ0) is 17.5. The molecule has 1 aromatic carbocycles. The largest absolute Gasteiger partial charge is 0.497 e. The summed E-state index contributed by atoms with van der Waals surface area (Å²) in [4.78, 5) is 6.68. The third kappa shape index (κ3) is 3.98. The van der Waals surface area contributed by atoms with Crippen LogP contribution in [0.5, 0.6) is 11.5 Å². The molecule has 5 heteroatoms. The molecular formula is C19H22N2O3. The number of methoxy groups -OCH3 is 2. The summed E-state index contributed by atoms with van der Waals surface area (Å²) in [5, 5.41) is 0. The van der Waals surface area contributed by atoms with E-state index in [1.807, 2.05) is 25.1 Å². The van der Waals surface area contributed by atoms with Crippen molar-refractivity contribution >= 4 is 0 Å². The van der Waals surface area contributed by atoms with Crippen LogP contribution in [0.25, 0.3) is 11.5 Å². The van der Waals surface area contributed by atoms with Gasteiger partial charge in [0, 0.05) is 19.2 Å². The van der Waals surface area contributed by atoms with E-state index in [-0.39, 0.29) is 0 Å². The van der Waals surface area contributed by atoms with Gasteiger partial charge in [-0.1, -0.05) is 12.0 Å². The van der Waals surface area contributed by atoms with Gasteiger partial charge in [-0.2, -0.15) is 0 Å². The van der Waals surface area contributed by atoms with Crippen LogP contribution in [0.3, 0.4) is 0 Å². The molecule has 0 radical (unpaired) electrons. The second-order valence-corrected chi connectivity index (χ2v) is 5.25. The van der Waals surface area contributed by atoms with Gasteiger partial charge < -0.3 is 13.9 Å². The standard InChI is InChI=1S/C19H22N2O3/c1-6-10-21(11-7-2)13-17-14(3)24-19(20-17)16-9-8-15(22-4)12-18(16)23-5/h1,7-9,12H,2,10-11,13H2,3-5H3. The van der Waals surface area contributed by atoms with Crippen molar-refractivity contribution in [3.05, 3.63) is 42.3 Å². The predicted octanol–water partition coefficient (Wildman–Crippen LogP) is 3.29. The average molecular weight is 326 g/mol. The van der Waals surface area contributed by atoms with Crippen molar-refractivity contribution in [3.8, 4) is 35.3 Å². The van der Waals surface area contributed by atoms with E-state index in [0.717, 1.165) is 17.0 Å². The minimum Gasteiger partial charge on any atom is -0.497 e. The van der Waals surface area contributed by atoms with Crippen LogP contribution in [0.4, 0.5) is 0 Å². The average Bonchev–Trinajstić information content (AvgIpc) is 2.95. The fraction of sp³-hybridized carbons (Fsp3) is 0.316. The van der Waals surface area contributed by atoms with Gasteiger partial charge in [0.15, 0.2) is 0 Å². The third-order valence-corrected chi connectivity index (χ3v) is 3.61. The normalized spacial score (nSPS) is 10.5. The number of aromatic nitrogens is 1. The summed E-state index contributed by atoms with van der Waals surface area (Å²) in [6.07, 6.45) is 7.23. The van der Waals surface area contributed by atoms with Crippen molar-refractivity contribution in [2.45, 2.75) is 13.5 Å². The highest BCUT2D eigenvalue weighted by Gasteiger charge is 2.17. The number of nitrogens with zero attached hydrogens (tertiary/aromatic N) is 2. The molecule has 0 fully saturated rings. The van der Waals surface area contributed by atoms with E-state index in [2.05, 4.69) is 22.4 Å². The van der Waals surface area contributed by atoms with E-state index in [4.69, 9.17) is 20.3 Å². The maximum Gasteiger partial charge on any atom is 0.230 e. The molecular weight excluding hydrogens is 304 g/mol. The molecule has 1 aromatic heterocycles. The lowest BCUT2D eigenvalue weighted by Crippen LogP contribution is -2.24. The zero-order valence-electron chi connectivity index (χ0n) is 14.3. The predicted molar refractivity (Wildman–Crippen MR) is 94.1 cm³/mol. The molecule has 0 saturated carbocycles. The minimum atomic E-state index is 0.515. The van der Waals surface area contributed by atoms with Crippen LogP contribution >= 0.6 is 0 Å². The number of benzene rings is 1. The fourth-order valence-electron chi connectivity index (χ4n) is 2.37. The molecule has 0 bridgehead atoms. The van der Waals surface area contributed by atoms with Crippen LogP contribution in [-0.2, 0) is 6.54 Å². The first-order valence-corrected chi connectivity index (χ1v) is 7.58. The molecule has 24 heavy (non-hydrogen) atoms. The van der Waals surface area contributed by atoms with E-state index < -0.39 is 0 Å². The molecule has 2 rings (SSSR count). The van der Waals surface area contributed by atoms with Gasteiger partial charge in [-0.3, -0.25) is 4.90 Å². The van der Waals surface area contributed by atoms with Crippen molar-refractivity contribution in [1.82, 2.24) is 9.88 Å². The Bertz CT molecular complexity index is 744. The van der Waals surface area contributed by atoms with Crippen LogP contribution in [0, 0.1) is 19.3 Å². The molecule has 0 aliphatic rings. The lowest BCUT2D eigenvalue weighted by molar-refractivity contribution is 0.326. The Morgan fingerprint density at radius 1 is 1.38 bits per heavy atom. The number of ether oxygens (including phenoxy) is 2. The van der Waals surface area contributed by atoms with E-state index in [0.29, 0.717) is 37.0 Å². The molecule has 0 N–H and O–H groups in total. The number of aryl methyl sites for hydroxylation is 1. The van der Waals surface area contributed by atoms with Crippen LogP contribution < -0.4 is 9.47 Å². The Balaban J connectivity index is 2.31. The van der Waals surface area contributed by atoms with Gasteiger partial charge in [0.25, 0.3) is 0 Å². The first kappa shape index (κ1) is 17.6. The Hall–Kier alpha value is -2.71. The summed E-state index contributed by atoms with van der Waals surface area (Å²) in [5.41, 5.74) is 1.62. The van der Waals surface area contributed by atoms with E-state index >= 15 is 0 Å². The summed E-state index contributed by atoms with van der Waals surface area (Å²) < 4.78 is 16.5. The SMILES string of the molecule is C#CCN(CC=C)Cc1nc(-c2ccc(OC)cc2OC)oc1C. The minimum absolute atomic E-state index is 0.515. The maximum absolute atomic E-state index is 5.84. The van der Waals surface area contributed by atoms with Gasteiger partial charge in [0.1, 0.15) is 17.3 Å². The Morgan fingerprint density at radius 3 is 2.79 bits per heavy atom. The highest BCUT2D eigenvalue weighted by molar-refractivity contribution is 5.65. The van der Waals surface area contributed by atoms with Crippen LogP contribution in [0.1, 0.15) is 11.5 Å². The first-order valence-electron chi connectivity index (χ1n) is 7.58. The van der Waals surface area contributed by atoms with Crippen molar-refractivity contribution in [3.63, 3.8) is 0 Å². The van der Waals surface area contributed by atoms with Crippen molar-refractivity contribution in [1.29, 1.82) is 0 Å². The lowest BCUT2D eigenvalue weighted by Gasteiger charge is -2.15. The molecule has 1 heterocycles. The molecule has 126 valence electrons. The number of hydrogen-bond donors (Lipinski definition) is 0. The Morgan fingerprint density at radius 2 is 2.17 bits per heavy atom. The smallest absolute Gasteiger partial charge is 0.230 e. The summed E-state index contributed by atoms with van der Waals surface area (Å²) in [5.74, 6) is 5.28. The summed E-state index contributed by atoms with van der Waals surface area (Å²) in [6.45, 7) is 7.47. The summed E-state index contributed by atoms with van der Waals surface area (Å²) in [7, 11) is 3.22. The Kier molecular flexibility index (Phi) is 6.05. The molecule has 0 saturated heterocycles. The topological polar surface area (TPSA) is 47.7 Å². The highest BCUT2D eigenvalue weighted by atomic mass is 16.5. The third-order valence-electron chi connectivity index (χ3n) is 3.61. The van der Waals surface area contributed by atoms with Gasteiger partial charge in [-0.25, -0.2) is 4.98 Å². The quantitative estimate of drug-likeness (QED) is 0.550. The zero-order valence-corrected chi connectivity index (χ0v) is 14.3. The molecule has 0 unspecified atom stereocenters. The first-order chi connectivity index (χ1) is 11.6. The van der Waals surface area contributed by atoms with E-state index in [1.54, 1.807) is 20.3 Å². The van der Waals surface area contributed by atoms with Crippen molar-refractivity contribution in [2.24, 2.45) is 0 Å². The number of oxazole rings is 1.